The van der Waals surface area contributed by atoms with Crippen molar-refractivity contribution in [1.29, 1.82) is 0 Å². The third kappa shape index (κ3) is 3.48. The predicted molar refractivity (Wildman–Crippen MR) is 103 cm³/mol. The molecule has 2 aliphatic carbocycles. The third-order valence-electron chi connectivity index (χ3n) is 6.74. The summed E-state index contributed by atoms with van der Waals surface area (Å²) >= 11 is 0. The Labute approximate surface area is 159 Å². The van der Waals surface area contributed by atoms with Gasteiger partial charge in [0.15, 0.2) is 5.78 Å². The van der Waals surface area contributed by atoms with Crippen molar-refractivity contribution in [1.82, 2.24) is 5.32 Å². The van der Waals surface area contributed by atoms with Crippen LogP contribution >= 0.6 is 0 Å². The number of alkyl halides is 1. The van der Waals surface area contributed by atoms with E-state index in [9.17, 15) is 13.6 Å². The second kappa shape index (κ2) is 6.61. The van der Waals surface area contributed by atoms with Crippen LogP contribution in [0.25, 0.3) is 0 Å². The number of hydrogen-bond donors (Lipinski definition) is 1. The van der Waals surface area contributed by atoms with Gasteiger partial charge < -0.3 is 10.2 Å². The number of nitrogens with zero attached hydrogens (tertiary/aromatic N) is 1. The summed E-state index contributed by atoms with van der Waals surface area (Å²) in [5.74, 6) is -0.115. The molecule has 1 N–H and O–H groups in total. The molecule has 146 valence electrons. The Balaban J connectivity index is 1.49. The lowest BCUT2D eigenvalue weighted by Crippen LogP contribution is -2.24. The third-order valence-corrected chi connectivity index (χ3v) is 6.74. The van der Waals surface area contributed by atoms with Crippen LogP contribution in [0.5, 0.6) is 0 Å². The van der Waals surface area contributed by atoms with Crippen LogP contribution in [-0.4, -0.2) is 31.1 Å². The summed E-state index contributed by atoms with van der Waals surface area (Å²) in [4.78, 5) is 14.9. The Morgan fingerprint density at radius 3 is 2.70 bits per heavy atom. The zero-order chi connectivity index (χ0) is 19.3. The molecule has 0 amide bonds. The zero-order valence-electron chi connectivity index (χ0n) is 16.3. The lowest BCUT2D eigenvalue weighted by molar-refractivity contribution is 0.103. The molecule has 1 aromatic carbocycles. The summed E-state index contributed by atoms with van der Waals surface area (Å²) in [5.41, 5.74) is 2.39. The number of benzene rings is 1. The molecule has 3 fully saturated rings. The molecule has 4 rings (SSSR count). The molecule has 5 heteroatoms. The minimum Gasteiger partial charge on any atom is -0.385 e. The lowest BCUT2D eigenvalue weighted by Gasteiger charge is -2.24. The van der Waals surface area contributed by atoms with Gasteiger partial charge in [-0.05, 0) is 56.6 Å². The first kappa shape index (κ1) is 18.5. The summed E-state index contributed by atoms with van der Waals surface area (Å²) in [5, 5.41) is 2.88. The van der Waals surface area contributed by atoms with Gasteiger partial charge in [-0.25, -0.2) is 8.78 Å². The van der Waals surface area contributed by atoms with Crippen LogP contribution in [-0.2, 0) is 0 Å². The molecule has 0 aromatic heterocycles. The first-order valence-corrected chi connectivity index (χ1v) is 9.96. The van der Waals surface area contributed by atoms with Crippen LogP contribution in [0.1, 0.15) is 55.5 Å². The molecule has 1 heterocycles. The first-order chi connectivity index (χ1) is 12.8. The van der Waals surface area contributed by atoms with Gasteiger partial charge in [0.1, 0.15) is 12.0 Å². The topological polar surface area (TPSA) is 32.3 Å². The van der Waals surface area contributed by atoms with E-state index in [0.717, 1.165) is 25.2 Å². The van der Waals surface area contributed by atoms with Gasteiger partial charge in [0.2, 0.25) is 0 Å². The molecule has 1 aliphatic heterocycles. The van der Waals surface area contributed by atoms with E-state index in [1.54, 1.807) is 19.9 Å². The summed E-state index contributed by atoms with van der Waals surface area (Å²) in [7, 11) is 0. The molecule has 2 saturated carbocycles. The van der Waals surface area contributed by atoms with E-state index in [0.29, 0.717) is 28.9 Å². The summed E-state index contributed by atoms with van der Waals surface area (Å²) in [6, 6.07) is 3.26. The van der Waals surface area contributed by atoms with Crippen molar-refractivity contribution in [3.05, 3.63) is 40.8 Å². The molecule has 1 aromatic rings. The second-order valence-corrected chi connectivity index (χ2v) is 8.84. The number of rotatable bonds is 6. The molecule has 3 atom stereocenters. The minimum atomic E-state index is -0.843. The zero-order valence-corrected chi connectivity index (χ0v) is 16.3. The van der Waals surface area contributed by atoms with E-state index in [1.807, 2.05) is 6.07 Å². The van der Waals surface area contributed by atoms with Crippen molar-refractivity contribution in [2.75, 3.05) is 18.0 Å². The van der Waals surface area contributed by atoms with E-state index in [1.165, 1.54) is 19.0 Å². The van der Waals surface area contributed by atoms with Gasteiger partial charge in [0.05, 0.1) is 11.6 Å². The quantitative estimate of drug-likeness (QED) is 0.586. The van der Waals surface area contributed by atoms with Crippen molar-refractivity contribution in [3.8, 4) is 0 Å². The number of carbonyl (C=O) groups excluding carboxylic acids is 1. The average Bonchev–Trinajstić information content (AvgIpc) is 3.50. The van der Waals surface area contributed by atoms with Gasteiger partial charge >= 0.3 is 0 Å². The van der Waals surface area contributed by atoms with Crippen LogP contribution < -0.4 is 10.2 Å². The van der Waals surface area contributed by atoms with Gasteiger partial charge in [-0.1, -0.05) is 6.92 Å². The predicted octanol–water partition coefficient (Wildman–Crippen LogP) is 4.55. The van der Waals surface area contributed by atoms with Gasteiger partial charge in [-0.3, -0.25) is 4.79 Å². The maximum atomic E-state index is 15.0. The van der Waals surface area contributed by atoms with E-state index < -0.39 is 12.0 Å². The van der Waals surface area contributed by atoms with E-state index in [2.05, 4.69) is 17.1 Å². The summed E-state index contributed by atoms with van der Waals surface area (Å²) in [6.07, 6.45) is 4.89. The number of hydrogen-bond acceptors (Lipinski definition) is 3. The van der Waals surface area contributed by atoms with Gasteiger partial charge in [0, 0.05) is 42.5 Å². The minimum absolute atomic E-state index is 0.0873. The molecule has 0 unspecified atom stereocenters. The maximum absolute atomic E-state index is 15.0. The van der Waals surface area contributed by atoms with Crippen LogP contribution in [0.15, 0.2) is 23.9 Å². The van der Waals surface area contributed by atoms with E-state index >= 15 is 0 Å². The maximum Gasteiger partial charge on any atom is 0.193 e. The number of anilines is 1. The molecular formula is C22H28F2N2O. The first-order valence-electron chi connectivity index (χ1n) is 9.96. The molecule has 27 heavy (non-hydrogen) atoms. The highest BCUT2D eigenvalue weighted by molar-refractivity contribution is 6.08. The molecule has 1 saturated heterocycles. The smallest absolute Gasteiger partial charge is 0.193 e. The van der Waals surface area contributed by atoms with Crippen molar-refractivity contribution >= 4 is 11.5 Å². The van der Waals surface area contributed by atoms with Crippen molar-refractivity contribution in [3.63, 3.8) is 0 Å². The molecule has 3 aliphatic rings. The van der Waals surface area contributed by atoms with Crippen LogP contribution in [0.4, 0.5) is 14.5 Å². The highest BCUT2D eigenvalue weighted by atomic mass is 19.1. The van der Waals surface area contributed by atoms with Crippen molar-refractivity contribution in [2.45, 2.75) is 58.7 Å². The normalized spacial score (nSPS) is 29.0. The van der Waals surface area contributed by atoms with Crippen LogP contribution in [0, 0.1) is 24.1 Å². The molecule has 3 nitrogen and oxygen atoms in total. The van der Waals surface area contributed by atoms with Gasteiger partial charge in [0.25, 0.3) is 0 Å². The Hall–Kier alpha value is -1.91. The van der Waals surface area contributed by atoms with Gasteiger partial charge in [-0.2, -0.15) is 0 Å². The molecular weight excluding hydrogens is 346 g/mol. The average molecular weight is 374 g/mol. The standard InChI is InChI=1S/C22H28F2N2O/c1-13(11-25-18-10-17(18)23)21(27)16-4-5-19(14(2)20(16)24)26-9-6-15(12-26)22(3)7-8-22/h4-5,11,15,17-18,25H,6-10,12H2,1-3H3/t15-,17+,18-/m1/s1. The van der Waals surface area contributed by atoms with Gasteiger partial charge in [-0.15, -0.1) is 0 Å². The fourth-order valence-corrected chi connectivity index (χ4v) is 4.19. The Bertz CT molecular complexity index is 800. The monoisotopic (exact) mass is 374 g/mol. The summed E-state index contributed by atoms with van der Waals surface area (Å²) in [6.45, 7) is 7.66. The number of halogens is 2. The fourth-order valence-electron chi connectivity index (χ4n) is 4.19. The molecule has 0 bridgehead atoms. The fraction of sp³-hybridized carbons (Fsp3) is 0.591. The molecule has 0 spiro atoms. The molecule has 0 radical (unpaired) electrons. The lowest BCUT2D eigenvalue weighted by atomic mass is 9.90. The number of carbonyl (C=O) groups is 1. The highest BCUT2D eigenvalue weighted by Gasteiger charge is 2.47. The van der Waals surface area contributed by atoms with Crippen molar-refractivity contribution in [2.24, 2.45) is 11.3 Å². The Morgan fingerprint density at radius 1 is 1.37 bits per heavy atom. The highest BCUT2D eigenvalue weighted by Crippen LogP contribution is 2.54. The number of Topliss-reactive ketones (excluding diaryl/α,β-unsaturated/α-hetero) is 1. The Kier molecular flexibility index (Phi) is 4.52. The van der Waals surface area contributed by atoms with Crippen LogP contribution in [0.2, 0.25) is 0 Å². The SMILES string of the molecule is CC(=CN[C@@H]1C[C@@H]1F)C(=O)c1ccc(N2CC[C@@H](C3(C)CC3)C2)c(C)c1F. The number of allylic oxidation sites excluding steroid dienone is 1. The second-order valence-electron chi connectivity index (χ2n) is 8.84. The largest absolute Gasteiger partial charge is 0.385 e. The van der Waals surface area contributed by atoms with E-state index in [-0.39, 0.29) is 17.4 Å². The van der Waals surface area contributed by atoms with E-state index in [4.69, 9.17) is 0 Å². The number of nitrogens with one attached hydrogen (secondary N) is 1. The van der Waals surface area contributed by atoms with Crippen molar-refractivity contribution < 1.29 is 13.6 Å². The van der Waals surface area contributed by atoms with Crippen LogP contribution in [0.3, 0.4) is 0 Å². The summed E-state index contributed by atoms with van der Waals surface area (Å²) < 4.78 is 27.9. The Morgan fingerprint density at radius 2 is 2.07 bits per heavy atom. The number of ketones is 1.